The molecule has 1 fully saturated rings. The van der Waals surface area contributed by atoms with Gasteiger partial charge in [-0.15, -0.1) is 0 Å². The SMILES string of the molecule is Nc1ccc(C(=O)N(CC(F)(F)F)C2CC2)cc1[N+](=O)[O-]. The first-order valence-electron chi connectivity index (χ1n) is 6.10. The molecule has 1 saturated carbocycles. The number of nitrogens with zero attached hydrogens (tertiary/aromatic N) is 2. The average molecular weight is 303 g/mol. The molecule has 0 heterocycles. The van der Waals surface area contributed by atoms with Crippen LogP contribution in [0, 0.1) is 10.1 Å². The van der Waals surface area contributed by atoms with E-state index in [1.54, 1.807) is 0 Å². The van der Waals surface area contributed by atoms with E-state index in [2.05, 4.69) is 0 Å². The number of halogens is 3. The number of nitro groups is 1. The standard InChI is InChI=1S/C12H12F3N3O3/c13-12(14,15)6-17(8-2-3-8)11(19)7-1-4-9(16)10(5-7)18(20)21/h1,4-5,8H,2-3,6,16H2. The fourth-order valence-corrected chi connectivity index (χ4v) is 1.95. The summed E-state index contributed by atoms with van der Waals surface area (Å²) in [6.07, 6.45) is -3.52. The average Bonchev–Trinajstić information content (AvgIpc) is 3.18. The summed E-state index contributed by atoms with van der Waals surface area (Å²) in [5, 5.41) is 10.8. The number of nitrogen functional groups attached to an aromatic ring is 1. The molecule has 0 spiro atoms. The van der Waals surface area contributed by atoms with Gasteiger partial charge in [0.05, 0.1) is 4.92 Å². The Morgan fingerprint density at radius 1 is 1.43 bits per heavy atom. The molecule has 0 unspecified atom stereocenters. The highest BCUT2D eigenvalue weighted by molar-refractivity contribution is 5.96. The minimum absolute atomic E-state index is 0.148. The van der Waals surface area contributed by atoms with Crippen molar-refractivity contribution in [3.63, 3.8) is 0 Å². The summed E-state index contributed by atoms with van der Waals surface area (Å²) in [5.74, 6) is -0.877. The molecule has 1 aromatic rings. The summed E-state index contributed by atoms with van der Waals surface area (Å²) in [6, 6.07) is 2.78. The maximum Gasteiger partial charge on any atom is 0.406 e. The van der Waals surface area contributed by atoms with Crippen LogP contribution in [0.3, 0.4) is 0 Å². The Bertz CT molecular complexity index is 585. The summed E-state index contributed by atoms with van der Waals surface area (Å²) < 4.78 is 37.6. The van der Waals surface area contributed by atoms with Crippen molar-refractivity contribution in [1.82, 2.24) is 4.90 Å². The highest BCUT2D eigenvalue weighted by Gasteiger charge is 2.41. The van der Waals surface area contributed by atoms with Crippen LogP contribution < -0.4 is 5.73 Å². The van der Waals surface area contributed by atoms with Crippen LogP contribution in [0.25, 0.3) is 0 Å². The third kappa shape index (κ3) is 3.61. The first kappa shape index (κ1) is 15.1. The molecule has 9 heteroatoms. The van der Waals surface area contributed by atoms with Crippen LogP contribution in [-0.2, 0) is 0 Å². The van der Waals surface area contributed by atoms with Gasteiger partial charge in [0.15, 0.2) is 0 Å². The van der Waals surface area contributed by atoms with Crippen LogP contribution in [0.1, 0.15) is 23.2 Å². The maximum absolute atomic E-state index is 12.5. The van der Waals surface area contributed by atoms with Gasteiger partial charge >= 0.3 is 6.18 Å². The van der Waals surface area contributed by atoms with E-state index >= 15 is 0 Å². The van der Waals surface area contributed by atoms with E-state index in [1.807, 2.05) is 0 Å². The summed E-state index contributed by atoms with van der Waals surface area (Å²) in [5.41, 5.74) is 4.58. The molecule has 2 N–H and O–H groups in total. The van der Waals surface area contributed by atoms with E-state index < -0.39 is 35.3 Å². The van der Waals surface area contributed by atoms with Gasteiger partial charge in [-0.3, -0.25) is 14.9 Å². The predicted molar refractivity (Wildman–Crippen MR) is 67.6 cm³/mol. The summed E-state index contributed by atoms with van der Waals surface area (Å²) in [6.45, 7) is -1.37. The molecule has 0 aromatic heterocycles. The number of amides is 1. The topological polar surface area (TPSA) is 89.5 Å². The van der Waals surface area contributed by atoms with Crippen molar-refractivity contribution in [2.75, 3.05) is 12.3 Å². The number of hydrogen-bond donors (Lipinski definition) is 1. The van der Waals surface area contributed by atoms with Crippen LogP contribution >= 0.6 is 0 Å². The van der Waals surface area contributed by atoms with Crippen molar-refractivity contribution in [2.45, 2.75) is 25.1 Å². The smallest absolute Gasteiger partial charge is 0.393 e. The summed E-state index contributed by atoms with van der Waals surface area (Å²) in [7, 11) is 0. The van der Waals surface area contributed by atoms with Gasteiger partial charge in [-0.25, -0.2) is 0 Å². The Labute approximate surface area is 117 Å². The molecular formula is C12H12F3N3O3. The van der Waals surface area contributed by atoms with Crippen LogP contribution in [-0.4, -0.2) is 34.5 Å². The second-order valence-electron chi connectivity index (χ2n) is 4.81. The Morgan fingerprint density at radius 3 is 2.52 bits per heavy atom. The molecule has 0 aliphatic heterocycles. The molecule has 0 bridgehead atoms. The number of carbonyl (C=O) groups is 1. The van der Waals surface area contributed by atoms with Crippen molar-refractivity contribution in [2.24, 2.45) is 0 Å². The van der Waals surface area contributed by atoms with Crippen molar-refractivity contribution in [1.29, 1.82) is 0 Å². The van der Waals surface area contributed by atoms with Crippen molar-refractivity contribution >= 4 is 17.3 Å². The Kier molecular flexibility index (Phi) is 3.75. The number of benzene rings is 1. The molecule has 1 amide bonds. The number of carbonyl (C=O) groups excluding carboxylic acids is 1. The molecule has 0 radical (unpaired) electrons. The van der Waals surface area contributed by atoms with Crippen LogP contribution in [0.15, 0.2) is 18.2 Å². The van der Waals surface area contributed by atoms with Gasteiger partial charge in [0, 0.05) is 17.7 Å². The second-order valence-corrected chi connectivity index (χ2v) is 4.81. The first-order chi connectivity index (χ1) is 9.69. The van der Waals surface area contributed by atoms with E-state index in [4.69, 9.17) is 5.73 Å². The van der Waals surface area contributed by atoms with E-state index in [0.29, 0.717) is 17.7 Å². The number of alkyl halides is 3. The summed E-state index contributed by atoms with van der Waals surface area (Å²) >= 11 is 0. The summed E-state index contributed by atoms with van der Waals surface area (Å²) in [4.78, 5) is 22.8. The van der Waals surface area contributed by atoms with E-state index in [0.717, 1.165) is 12.1 Å². The van der Waals surface area contributed by atoms with Gasteiger partial charge in [-0.2, -0.15) is 13.2 Å². The van der Waals surface area contributed by atoms with Crippen LogP contribution in [0.4, 0.5) is 24.5 Å². The zero-order chi connectivity index (χ0) is 15.8. The molecule has 6 nitrogen and oxygen atoms in total. The predicted octanol–water partition coefficient (Wildman–Crippen LogP) is 2.34. The quantitative estimate of drug-likeness (QED) is 0.525. The molecule has 0 atom stereocenters. The largest absolute Gasteiger partial charge is 0.406 e. The second kappa shape index (κ2) is 5.23. The highest BCUT2D eigenvalue weighted by atomic mass is 19.4. The third-order valence-electron chi connectivity index (χ3n) is 3.07. The Hall–Kier alpha value is -2.32. The van der Waals surface area contributed by atoms with Gasteiger partial charge in [0.1, 0.15) is 12.2 Å². The van der Waals surface area contributed by atoms with Gasteiger partial charge in [0.25, 0.3) is 11.6 Å². The fraction of sp³-hybridized carbons (Fsp3) is 0.417. The normalized spacial score (nSPS) is 14.8. The molecule has 2 rings (SSSR count). The number of rotatable bonds is 4. The highest BCUT2D eigenvalue weighted by Crippen LogP contribution is 2.32. The zero-order valence-corrected chi connectivity index (χ0v) is 10.8. The minimum atomic E-state index is -4.52. The van der Waals surface area contributed by atoms with E-state index in [9.17, 15) is 28.1 Å². The number of nitro benzene ring substituents is 1. The van der Waals surface area contributed by atoms with Gasteiger partial charge in [-0.05, 0) is 25.0 Å². The first-order valence-corrected chi connectivity index (χ1v) is 6.10. The molecular weight excluding hydrogens is 291 g/mol. The Morgan fingerprint density at radius 2 is 2.05 bits per heavy atom. The molecule has 1 aliphatic carbocycles. The monoisotopic (exact) mass is 303 g/mol. The Balaban J connectivity index is 2.29. The third-order valence-corrected chi connectivity index (χ3v) is 3.07. The lowest BCUT2D eigenvalue weighted by Gasteiger charge is -2.23. The van der Waals surface area contributed by atoms with Crippen molar-refractivity contribution in [3.8, 4) is 0 Å². The van der Waals surface area contributed by atoms with Gasteiger partial charge < -0.3 is 10.6 Å². The maximum atomic E-state index is 12.5. The number of anilines is 1. The minimum Gasteiger partial charge on any atom is -0.393 e. The number of hydrogen-bond acceptors (Lipinski definition) is 4. The van der Waals surface area contributed by atoms with Crippen molar-refractivity contribution < 1.29 is 22.9 Å². The van der Waals surface area contributed by atoms with Crippen LogP contribution in [0.5, 0.6) is 0 Å². The molecule has 21 heavy (non-hydrogen) atoms. The van der Waals surface area contributed by atoms with E-state index in [1.165, 1.54) is 6.07 Å². The lowest BCUT2D eigenvalue weighted by atomic mass is 10.1. The molecule has 114 valence electrons. The lowest BCUT2D eigenvalue weighted by molar-refractivity contribution is -0.383. The molecule has 1 aromatic carbocycles. The van der Waals surface area contributed by atoms with E-state index in [-0.39, 0.29) is 11.3 Å². The fourth-order valence-electron chi connectivity index (χ4n) is 1.95. The molecule has 1 aliphatic rings. The number of nitrogens with two attached hydrogens (primary N) is 1. The van der Waals surface area contributed by atoms with Crippen LogP contribution in [0.2, 0.25) is 0 Å². The van der Waals surface area contributed by atoms with Gasteiger partial charge in [-0.1, -0.05) is 0 Å². The van der Waals surface area contributed by atoms with Gasteiger partial charge in [0.2, 0.25) is 0 Å². The molecule has 0 saturated heterocycles. The zero-order valence-electron chi connectivity index (χ0n) is 10.8. The lowest BCUT2D eigenvalue weighted by Crippen LogP contribution is -2.40. The van der Waals surface area contributed by atoms with Crippen molar-refractivity contribution in [3.05, 3.63) is 33.9 Å².